The van der Waals surface area contributed by atoms with E-state index in [9.17, 15) is 4.79 Å². The van der Waals surface area contributed by atoms with E-state index in [1.807, 2.05) is 30.3 Å². The van der Waals surface area contributed by atoms with Crippen molar-refractivity contribution in [3.8, 4) is 0 Å². The highest BCUT2D eigenvalue weighted by Crippen LogP contribution is 2.18. The minimum Gasteiger partial charge on any atom is -0.444 e. The number of hydrogen-bond acceptors (Lipinski definition) is 5. The van der Waals surface area contributed by atoms with E-state index in [1.54, 1.807) is 20.8 Å². The summed E-state index contributed by atoms with van der Waals surface area (Å²) in [5, 5.41) is 16.5. The topological polar surface area (TPSA) is 92.8 Å². The van der Waals surface area contributed by atoms with Crippen LogP contribution in [0.1, 0.15) is 38.2 Å². The highest BCUT2D eigenvalue weighted by molar-refractivity contribution is 5.68. The van der Waals surface area contributed by atoms with Gasteiger partial charge in [-0.25, -0.2) is 4.79 Å². The Kier molecular flexibility index (Phi) is 3.97. The van der Waals surface area contributed by atoms with Crippen LogP contribution in [0.2, 0.25) is 0 Å². The number of carbonyl (C=O) groups is 1. The van der Waals surface area contributed by atoms with Crippen LogP contribution in [0.5, 0.6) is 0 Å². The Morgan fingerprint density at radius 2 is 2.00 bits per heavy atom. The fraction of sp³-hybridized carbons (Fsp3) is 0.385. The van der Waals surface area contributed by atoms with Gasteiger partial charge in [0.25, 0.3) is 0 Å². The molecule has 2 rings (SSSR count). The molecule has 0 saturated heterocycles. The number of amides is 1. The molecule has 0 bridgehead atoms. The van der Waals surface area contributed by atoms with Crippen LogP contribution in [0, 0.1) is 0 Å². The summed E-state index contributed by atoms with van der Waals surface area (Å²) in [5.74, 6) is 0.377. The van der Waals surface area contributed by atoms with Crippen LogP contribution >= 0.6 is 0 Å². The van der Waals surface area contributed by atoms with Crippen LogP contribution in [0.15, 0.2) is 30.3 Å². The molecule has 0 fully saturated rings. The van der Waals surface area contributed by atoms with Crippen molar-refractivity contribution in [2.75, 3.05) is 0 Å². The van der Waals surface area contributed by atoms with Gasteiger partial charge in [-0.3, -0.25) is 0 Å². The first-order chi connectivity index (χ1) is 9.46. The van der Waals surface area contributed by atoms with Crippen LogP contribution in [-0.4, -0.2) is 32.3 Å². The van der Waals surface area contributed by atoms with Gasteiger partial charge in [-0.05, 0) is 26.3 Å². The molecule has 1 aromatic heterocycles. The maximum atomic E-state index is 11.9. The third-order valence-corrected chi connectivity index (χ3v) is 2.41. The SMILES string of the molecule is CC(C)(C)OC(=O)NC(c1ccccc1)c1nn[nH]n1. The highest BCUT2D eigenvalue weighted by Gasteiger charge is 2.24. The van der Waals surface area contributed by atoms with Crippen molar-refractivity contribution in [3.63, 3.8) is 0 Å². The zero-order chi connectivity index (χ0) is 14.6. The molecular weight excluding hydrogens is 258 g/mol. The van der Waals surface area contributed by atoms with E-state index in [2.05, 4.69) is 25.9 Å². The molecule has 1 aromatic carbocycles. The number of tetrazole rings is 1. The van der Waals surface area contributed by atoms with E-state index in [0.717, 1.165) is 5.56 Å². The van der Waals surface area contributed by atoms with Crippen LogP contribution in [0.25, 0.3) is 0 Å². The maximum Gasteiger partial charge on any atom is 0.408 e. The number of nitrogens with zero attached hydrogens (tertiary/aromatic N) is 3. The summed E-state index contributed by atoms with van der Waals surface area (Å²) in [6.45, 7) is 5.41. The molecule has 7 heteroatoms. The van der Waals surface area contributed by atoms with Crippen molar-refractivity contribution in [1.29, 1.82) is 0 Å². The standard InChI is InChI=1S/C13H17N5O2/c1-13(2,3)20-12(19)14-10(11-15-17-18-16-11)9-7-5-4-6-8-9/h4-8,10H,1-3H3,(H,14,19)(H,15,16,17,18). The Hall–Kier alpha value is -2.44. The molecule has 2 aromatic rings. The number of H-pyrrole nitrogens is 1. The fourth-order valence-electron chi connectivity index (χ4n) is 1.66. The number of alkyl carbamates (subject to hydrolysis) is 1. The second-order valence-electron chi connectivity index (χ2n) is 5.26. The van der Waals surface area contributed by atoms with Crippen LogP contribution in [0.4, 0.5) is 4.79 Å². The number of hydrogen-bond donors (Lipinski definition) is 2. The number of benzene rings is 1. The molecule has 106 valence electrons. The zero-order valence-electron chi connectivity index (χ0n) is 11.6. The monoisotopic (exact) mass is 275 g/mol. The average molecular weight is 275 g/mol. The maximum absolute atomic E-state index is 11.9. The quantitative estimate of drug-likeness (QED) is 0.891. The zero-order valence-corrected chi connectivity index (χ0v) is 11.6. The number of aromatic nitrogens is 4. The predicted molar refractivity (Wildman–Crippen MR) is 71.8 cm³/mol. The predicted octanol–water partition coefficient (Wildman–Crippen LogP) is 1.81. The normalized spacial score (nSPS) is 12.8. The van der Waals surface area contributed by atoms with Gasteiger partial charge in [-0.1, -0.05) is 35.5 Å². The van der Waals surface area contributed by atoms with Gasteiger partial charge in [0.15, 0.2) is 0 Å². The lowest BCUT2D eigenvalue weighted by Gasteiger charge is -2.22. The summed E-state index contributed by atoms with van der Waals surface area (Å²) in [6.07, 6.45) is -0.531. The molecule has 20 heavy (non-hydrogen) atoms. The Balaban J connectivity index is 2.19. The second-order valence-corrected chi connectivity index (χ2v) is 5.26. The fourth-order valence-corrected chi connectivity index (χ4v) is 1.66. The summed E-state index contributed by atoms with van der Waals surface area (Å²) >= 11 is 0. The summed E-state index contributed by atoms with van der Waals surface area (Å²) in [7, 11) is 0. The molecule has 2 N–H and O–H groups in total. The Labute approximate surface area is 116 Å². The summed E-state index contributed by atoms with van der Waals surface area (Å²) in [4.78, 5) is 11.9. The largest absolute Gasteiger partial charge is 0.444 e. The van der Waals surface area contributed by atoms with Crippen molar-refractivity contribution in [2.45, 2.75) is 32.4 Å². The summed E-state index contributed by atoms with van der Waals surface area (Å²) < 4.78 is 5.25. The molecule has 0 spiro atoms. The minimum atomic E-state index is -0.567. The van der Waals surface area contributed by atoms with Crippen molar-refractivity contribution in [3.05, 3.63) is 41.7 Å². The minimum absolute atomic E-state index is 0.377. The van der Waals surface area contributed by atoms with Gasteiger partial charge in [-0.2, -0.15) is 5.21 Å². The van der Waals surface area contributed by atoms with Gasteiger partial charge in [0.1, 0.15) is 11.6 Å². The van der Waals surface area contributed by atoms with Crippen molar-refractivity contribution >= 4 is 6.09 Å². The lowest BCUT2D eigenvalue weighted by atomic mass is 10.1. The number of nitrogens with one attached hydrogen (secondary N) is 2. The molecule has 1 amide bonds. The first kappa shape index (κ1) is 14.0. The molecule has 1 atom stereocenters. The molecule has 0 aliphatic heterocycles. The van der Waals surface area contributed by atoms with E-state index in [4.69, 9.17) is 4.74 Å². The number of rotatable bonds is 3. The summed E-state index contributed by atoms with van der Waals surface area (Å²) in [5.41, 5.74) is 0.280. The van der Waals surface area contributed by atoms with E-state index in [1.165, 1.54) is 0 Å². The Morgan fingerprint density at radius 1 is 1.30 bits per heavy atom. The van der Waals surface area contributed by atoms with E-state index < -0.39 is 17.7 Å². The van der Waals surface area contributed by atoms with Crippen molar-refractivity contribution in [2.24, 2.45) is 0 Å². The molecule has 0 aliphatic rings. The molecule has 0 saturated carbocycles. The molecule has 0 aliphatic carbocycles. The smallest absolute Gasteiger partial charge is 0.408 e. The number of aromatic amines is 1. The molecule has 0 radical (unpaired) electrons. The van der Waals surface area contributed by atoms with Crippen LogP contribution < -0.4 is 5.32 Å². The van der Waals surface area contributed by atoms with Gasteiger partial charge in [0, 0.05) is 0 Å². The van der Waals surface area contributed by atoms with Crippen LogP contribution in [0.3, 0.4) is 0 Å². The lowest BCUT2D eigenvalue weighted by molar-refractivity contribution is 0.0510. The van der Waals surface area contributed by atoms with Gasteiger partial charge in [-0.15, -0.1) is 10.2 Å². The molecule has 1 unspecified atom stereocenters. The Morgan fingerprint density at radius 3 is 2.55 bits per heavy atom. The second kappa shape index (κ2) is 5.68. The van der Waals surface area contributed by atoms with Gasteiger partial charge >= 0.3 is 6.09 Å². The van der Waals surface area contributed by atoms with Crippen molar-refractivity contribution in [1.82, 2.24) is 25.9 Å². The average Bonchev–Trinajstić information content (AvgIpc) is 2.88. The van der Waals surface area contributed by atoms with Crippen molar-refractivity contribution < 1.29 is 9.53 Å². The van der Waals surface area contributed by atoms with Crippen LogP contribution in [-0.2, 0) is 4.74 Å². The van der Waals surface area contributed by atoms with Gasteiger partial charge in [0.05, 0.1) is 0 Å². The third-order valence-electron chi connectivity index (χ3n) is 2.41. The Bertz CT molecular complexity index is 548. The van der Waals surface area contributed by atoms with E-state index in [-0.39, 0.29) is 0 Å². The number of carbonyl (C=O) groups excluding carboxylic acids is 1. The molecule has 1 heterocycles. The summed E-state index contributed by atoms with van der Waals surface area (Å²) in [6, 6.07) is 8.88. The lowest BCUT2D eigenvalue weighted by Crippen LogP contribution is -2.35. The first-order valence-electron chi connectivity index (χ1n) is 6.23. The van der Waals surface area contributed by atoms with E-state index >= 15 is 0 Å². The van der Waals surface area contributed by atoms with E-state index in [0.29, 0.717) is 5.82 Å². The first-order valence-corrected chi connectivity index (χ1v) is 6.23. The molecular formula is C13H17N5O2. The number of ether oxygens (including phenoxy) is 1. The third kappa shape index (κ3) is 3.78. The van der Waals surface area contributed by atoms with Gasteiger partial charge < -0.3 is 10.1 Å². The highest BCUT2D eigenvalue weighted by atomic mass is 16.6. The molecule has 7 nitrogen and oxygen atoms in total. The van der Waals surface area contributed by atoms with Gasteiger partial charge in [0.2, 0.25) is 5.82 Å².